The third kappa shape index (κ3) is 7.10. The van der Waals surface area contributed by atoms with Crippen LogP contribution in [0.15, 0.2) is 73.1 Å². The molecule has 2 aromatic carbocycles. The van der Waals surface area contributed by atoms with Crippen LogP contribution in [-0.4, -0.2) is 91.2 Å². The van der Waals surface area contributed by atoms with Gasteiger partial charge in [0.15, 0.2) is 23.0 Å². The number of methoxy groups -OCH3 is 6. The lowest BCUT2D eigenvalue weighted by Crippen LogP contribution is -2.61. The standard InChI is InChI=1S/C38H52N4O6/c1-27(2)19-30-24-41(25-37(13-9-11-15-39-37)28-20-31(43-3)35(47-7)32(21-28)44-4)17-18-42(30)26-38(14-10-12-16-40-38)29-22-33(45-5)36(48-8)34(23-29)46-6/h9-16,20-23,27,30,39-40H,17-19,24-26H2,1-8H3/t30-,37?,38?/m0/s1. The van der Waals surface area contributed by atoms with Gasteiger partial charge in [0.25, 0.3) is 0 Å². The largest absolute Gasteiger partial charge is 0.493 e. The van der Waals surface area contributed by atoms with E-state index in [0.717, 1.165) is 50.3 Å². The minimum absolute atomic E-state index is 0.332. The maximum atomic E-state index is 5.76. The van der Waals surface area contributed by atoms with E-state index in [1.807, 2.05) is 24.6 Å². The summed E-state index contributed by atoms with van der Waals surface area (Å²) in [4.78, 5) is 5.23. The average molecular weight is 661 g/mol. The highest BCUT2D eigenvalue weighted by atomic mass is 16.5. The van der Waals surface area contributed by atoms with Crippen LogP contribution in [0, 0.1) is 5.92 Å². The Morgan fingerprint density at radius 3 is 1.48 bits per heavy atom. The molecule has 2 aromatic rings. The molecule has 5 rings (SSSR count). The molecule has 260 valence electrons. The maximum Gasteiger partial charge on any atom is 0.203 e. The minimum Gasteiger partial charge on any atom is -0.493 e. The molecule has 3 atom stereocenters. The van der Waals surface area contributed by atoms with Crippen molar-refractivity contribution < 1.29 is 28.4 Å². The molecule has 3 aliphatic rings. The number of dihydropyridines is 2. The number of ether oxygens (including phenoxy) is 6. The van der Waals surface area contributed by atoms with Crippen molar-refractivity contribution in [3.05, 3.63) is 84.2 Å². The maximum absolute atomic E-state index is 5.76. The fourth-order valence-corrected chi connectivity index (χ4v) is 7.21. The molecule has 1 fully saturated rings. The zero-order valence-electron chi connectivity index (χ0n) is 29.7. The topological polar surface area (TPSA) is 85.9 Å². The number of nitrogens with zero attached hydrogens (tertiary/aromatic N) is 2. The average Bonchev–Trinajstić information content (AvgIpc) is 3.11. The van der Waals surface area contributed by atoms with Crippen LogP contribution >= 0.6 is 0 Å². The van der Waals surface area contributed by atoms with Crippen molar-refractivity contribution >= 4 is 0 Å². The lowest BCUT2D eigenvalue weighted by atomic mass is 9.84. The van der Waals surface area contributed by atoms with Crippen LogP contribution in [0.3, 0.4) is 0 Å². The Bertz CT molecular complexity index is 1490. The number of hydrogen-bond acceptors (Lipinski definition) is 10. The van der Waals surface area contributed by atoms with Crippen LogP contribution in [0.25, 0.3) is 0 Å². The predicted molar refractivity (Wildman–Crippen MR) is 190 cm³/mol. The Morgan fingerprint density at radius 2 is 1.10 bits per heavy atom. The molecule has 2 N–H and O–H groups in total. The number of hydrogen-bond donors (Lipinski definition) is 2. The highest BCUT2D eigenvalue weighted by Crippen LogP contribution is 2.44. The Balaban J connectivity index is 1.45. The molecular formula is C38H52N4O6. The van der Waals surface area contributed by atoms with Crippen LogP contribution in [0.2, 0.25) is 0 Å². The van der Waals surface area contributed by atoms with E-state index in [1.165, 1.54) is 0 Å². The number of piperazine rings is 1. The summed E-state index contributed by atoms with van der Waals surface area (Å²) in [6, 6.07) is 8.55. The van der Waals surface area contributed by atoms with Gasteiger partial charge in [0.2, 0.25) is 11.5 Å². The van der Waals surface area contributed by atoms with E-state index < -0.39 is 11.1 Å². The molecule has 3 aliphatic heterocycles. The Morgan fingerprint density at radius 1 is 0.646 bits per heavy atom. The summed E-state index contributed by atoms with van der Waals surface area (Å²) in [6.07, 6.45) is 17.9. The van der Waals surface area contributed by atoms with Gasteiger partial charge in [0.1, 0.15) is 0 Å². The molecule has 0 spiro atoms. The highest BCUT2D eigenvalue weighted by Gasteiger charge is 2.40. The van der Waals surface area contributed by atoms with Crippen molar-refractivity contribution in [2.45, 2.75) is 37.4 Å². The summed E-state index contributed by atoms with van der Waals surface area (Å²) in [7, 11) is 9.90. The first-order valence-corrected chi connectivity index (χ1v) is 16.6. The molecule has 0 saturated carbocycles. The van der Waals surface area contributed by atoms with E-state index in [2.05, 4.69) is 82.9 Å². The first kappa shape index (κ1) is 35.0. The first-order valence-electron chi connectivity index (χ1n) is 16.6. The van der Waals surface area contributed by atoms with Crippen molar-refractivity contribution in [1.82, 2.24) is 20.4 Å². The number of rotatable bonds is 14. The summed E-state index contributed by atoms with van der Waals surface area (Å²) in [5.74, 6) is 4.25. The normalized spacial score (nSPS) is 23.8. The predicted octanol–water partition coefficient (Wildman–Crippen LogP) is 5.21. The zero-order chi connectivity index (χ0) is 34.3. The van der Waals surface area contributed by atoms with Crippen molar-refractivity contribution in [2.24, 2.45) is 5.92 Å². The summed E-state index contributed by atoms with van der Waals surface area (Å²) in [5.41, 5.74) is 1.12. The molecule has 10 nitrogen and oxygen atoms in total. The SMILES string of the molecule is COc1cc(C2(CN3CCN(CC4(c5cc(OC)c(OC)c(OC)c5)C=CC=CN4)[C@@H](CC(C)C)C3)C=CC=CN2)cc(OC)c1OC. The number of allylic oxidation sites excluding steroid dienone is 4. The minimum atomic E-state index is -0.491. The second-order valence-electron chi connectivity index (χ2n) is 13.0. The lowest BCUT2D eigenvalue weighted by molar-refractivity contribution is 0.0382. The fraction of sp³-hybridized carbons (Fsp3) is 0.474. The third-order valence-electron chi connectivity index (χ3n) is 9.58. The molecular weight excluding hydrogens is 608 g/mol. The monoisotopic (exact) mass is 660 g/mol. The van der Waals surface area contributed by atoms with E-state index in [0.29, 0.717) is 46.5 Å². The van der Waals surface area contributed by atoms with Crippen LogP contribution < -0.4 is 39.1 Å². The Kier molecular flexibility index (Phi) is 11.2. The summed E-state index contributed by atoms with van der Waals surface area (Å²) in [5, 5.41) is 7.40. The lowest BCUT2D eigenvalue weighted by Gasteiger charge is -2.48. The molecule has 0 bridgehead atoms. The molecule has 2 unspecified atom stereocenters. The van der Waals surface area contributed by atoms with Crippen LogP contribution in [0.4, 0.5) is 0 Å². The van der Waals surface area contributed by atoms with Gasteiger partial charge in [-0.1, -0.05) is 38.2 Å². The number of nitrogens with one attached hydrogen (secondary N) is 2. The van der Waals surface area contributed by atoms with Gasteiger partial charge in [-0.05, 0) is 72.3 Å². The highest BCUT2D eigenvalue weighted by molar-refractivity contribution is 5.57. The molecule has 10 heteroatoms. The molecule has 1 saturated heterocycles. The second kappa shape index (κ2) is 15.3. The smallest absolute Gasteiger partial charge is 0.203 e. The van der Waals surface area contributed by atoms with E-state index in [9.17, 15) is 0 Å². The first-order chi connectivity index (χ1) is 23.2. The van der Waals surface area contributed by atoms with Gasteiger partial charge in [-0.15, -0.1) is 0 Å². The Hall–Kier alpha value is -4.28. The van der Waals surface area contributed by atoms with Gasteiger partial charge >= 0.3 is 0 Å². The van der Waals surface area contributed by atoms with Gasteiger partial charge in [-0.3, -0.25) is 9.80 Å². The van der Waals surface area contributed by atoms with Crippen LogP contribution in [-0.2, 0) is 11.1 Å². The van der Waals surface area contributed by atoms with Crippen molar-refractivity contribution in [3.8, 4) is 34.5 Å². The summed E-state index contributed by atoms with van der Waals surface area (Å²) in [6.45, 7) is 8.90. The van der Waals surface area contributed by atoms with Crippen LogP contribution in [0.5, 0.6) is 34.5 Å². The van der Waals surface area contributed by atoms with Gasteiger partial charge in [-0.2, -0.15) is 0 Å². The zero-order valence-corrected chi connectivity index (χ0v) is 29.7. The van der Waals surface area contributed by atoms with Crippen LogP contribution in [0.1, 0.15) is 31.4 Å². The molecule has 0 amide bonds. The number of benzene rings is 2. The summed E-state index contributed by atoms with van der Waals surface area (Å²) >= 11 is 0. The van der Waals surface area contributed by atoms with Gasteiger partial charge in [0.05, 0.1) is 53.7 Å². The molecule has 0 radical (unpaired) electrons. The van der Waals surface area contributed by atoms with Crippen molar-refractivity contribution in [2.75, 3.05) is 75.4 Å². The van der Waals surface area contributed by atoms with Crippen molar-refractivity contribution in [1.29, 1.82) is 0 Å². The molecule has 0 aliphatic carbocycles. The fourth-order valence-electron chi connectivity index (χ4n) is 7.21. The Labute approximate surface area is 286 Å². The summed E-state index contributed by atoms with van der Waals surface area (Å²) < 4.78 is 34.3. The molecule has 0 aromatic heterocycles. The quantitative estimate of drug-likeness (QED) is 0.282. The van der Waals surface area contributed by atoms with Gasteiger partial charge in [-0.25, -0.2) is 0 Å². The van der Waals surface area contributed by atoms with E-state index >= 15 is 0 Å². The van der Waals surface area contributed by atoms with E-state index in [4.69, 9.17) is 28.4 Å². The third-order valence-corrected chi connectivity index (χ3v) is 9.58. The van der Waals surface area contributed by atoms with Gasteiger partial charge in [0, 0.05) is 38.8 Å². The molecule has 3 heterocycles. The van der Waals surface area contributed by atoms with E-state index in [1.54, 1.807) is 42.7 Å². The van der Waals surface area contributed by atoms with Gasteiger partial charge < -0.3 is 39.1 Å². The second-order valence-corrected chi connectivity index (χ2v) is 13.0. The van der Waals surface area contributed by atoms with E-state index in [-0.39, 0.29) is 0 Å². The van der Waals surface area contributed by atoms with Crippen molar-refractivity contribution in [3.63, 3.8) is 0 Å². The molecule has 48 heavy (non-hydrogen) atoms.